The number of carbonyl (C=O) groups is 1. The largest absolute Gasteiger partial charge is 0.490 e. The van der Waals surface area contributed by atoms with Crippen molar-refractivity contribution in [2.24, 2.45) is 0 Å². The minimum absolute atomic E-state index is 0.0831. The van der Waals surface area contributed by atoms with E-state index in [1.54, 1.807) is 24.3 Å². The number of rotatable bonds is 19. The van der Waals surface area contributed by atoms with E-state index in [1.165, 1.54) is 21.0 Å². The maximum atomic E-state index is 13.8. The summed E-state index contributed by atoms with van der Waals surface area (Å²) in [6.45, 7) is 22.8. The molecule has 3 rings (SSSR count). The lowest BCUT2D eigenvalue weighted by Gasteiger charge is -2.26. The number of ether oxygens (including phenoxy) is 3. The highest BCUT2D eigenvalue weighted by atomic mass is 32.2. The van der Waals surface area contributed by atoms with Gasteiger partial charge in [-0.1, -0.05) is 94.4 Å². The summed E-state index contributed by atoms with van der Waals surface area (Å²) in [5.74, 6) is -1.56. The monoisotopic (exact) mass is 755 g/mol. The molecule has 0 heterocycles. The van der Waals surface area contributed by atoms with E-state index in [0.29, 0.717) is 24.5 Å². The molecule has 2 aromatic rings. The Morgan fingerprint density at radius 3 is 2.04 bits per heavy atom. The van der Waals surface area contributed by atoms with Gasteiger partial charge in [0.25, 0.3) is 0 Å². The molecule has 0 saturated heterocycles. The molecule has 1 aliphatic carbocycles. The molecule has 2 aromatic carbocycles. The van der Waals surface area contributed by atoms with E-state index in [0.717, 1.165) is 42.5 Å². The Labute approximate surface area is 309 Å². The minimum Gasteiger partial charge on any atom is -0.490 e. The summed E-state index contributed by atoms with van der Waals surface area (Å²) in [7, 11) is -6.67. The molecule has 0 aromatic heterocycles. The summed E-state index contributed by atoms with van der Waals surface area (Å²) in [4.78, 5) is 12.0. The first kappa shape index (κ1) is 42.6. The molecular formula is C40H61NO7SSi2. The zero-order valence-corrected chi connectivity index (χ0v) is 35.0. The first-order chi connectivity index (χ1) is 23.8. The number of hydrogen-bond donors (Lipinski definition) is 1. The highest BCUT2D eigenvalue weighted by Gasteiger charge is 2.30. The quantitative estimate of drug-likeness (QED) is 0.0867. The summed E-state index contributed by atoms with van der Waals surface area (Å²) < 4.78 is 47.0. The molecule has 2 atom stereocenters. The van der Waals surface area contributed by atoms with Crippen molar-refractivity contribution in [1.29, 1.82) is 0 Å². The van der Waals surface area contributed by atoms with Gasteiger partial charge in [-0.25, -0.2) is 8.42 Å². The summed E-state index contributed by atoms with van der Waals surface area (Å²) in [6.07, 6.45) is 8.21. The van der Waals surface area contributed by atoms with Crippen LogP contribution < -0.4 is 4.74 Å². The van der Waals surface area contributed by atoms with Crippen LogP contribution in [0.3, 0.4) is 0 Å². The van der Waals surface area contributed by atoms with Gasteiger partial charge in [-0.2, -0.15) is 4.31 Å². The van der Waals surface area contributed by atoms with E-state index >= 15 is 0 Å². The van der Waals surface area contributed by atoms with Crippen LogP contribution in [0.1, 0.15) is 53.9 Å². The number of benzene rings is 2. The number of allylic oxidation sites excluding steroid dienone is 4. The summed E-state index contributed by atoms with van der Waals surface area (Å²) in [5.41, 5.74) is 6.52. The molecule has 8 nitrogen and oxygen atoms in total. The van der Waals surface area contributed by atoms with E-state index in [2.05, 4.69) is 96.1 Å². The molecule has 1 N–H and O–H groups in total. The summed E-state index contributed by atoms with van der Waals surface area (Å²) in [5, 5.41) is 9.77. The number of aliphatic carboxylic acids is 1. The fourth-order valence-electron chi connectivity index (χ4n) is 5.85. The first-order valence-electron chi connectivity index (χ1n) is 18.1. The van der Waals surface area contributed by atoms with Crippen LogP contribution in [0.25, 0.3) is 5.57 Å². The highest BCUT2D eigenvalue weighted by Crippen LogP contribution is 2.33. The molecule has 0 spiro atoms. The van der Waals surface area contributed by atoms with Crippen molar-refractivity contribution in [1.82, 2.24) is 4.31 Å². The normalized spacial score (nSPS) is 18.3. The zero-order chi connectivity index (χ0) is 37.8. The number of carboxylic acid groups (broad SMARTS) is 1. The average Bonchev–Trinajstić information content (AvgIpc) is 3.10. The van der Waals surface area contributed by atoms with E-state index in [1.807, 2.05) is 0 Å². The predicted molar refractivity (Wildman–Crippen MR) is 215 cm³/mol. The van der Waals surface area contributed by atoms with Gasteiger partial charge in [-0.15, -0.1) is 0 Å². The zero-order valence-electron chi connectivity index (χ0n) is 32.2. The van der Waals surface area contributed by atoms with Crippen LogP contribution in [0.2, 0.25) is 51.4 Å². The second kappa shape index (κ2) is 19.3. The average molecular weight is 756 g/mol. The predicted octanol–water partition coefficient (Wildman–Crippen LogP) is 9.25. The number of carboxylic acids is 1. The SMILES string of the molecule is C=C1CC[C@@H](Oc2ccc(C(CC(=O)O)CS(=O)(=O)N(COCC[Si](C)(C)C)COCC[Si](C)(C)C)cc2)C/C=C\C=C/1c1c(C)cccc1C. The molecule has 0 fully saturated rings. The van der Waals surface area contributed by atoms with Gasteiger partial charge in [0.15, 0.2) is 0 Å². The molecule has 282 valence electrons. The second-order valence-corrected chi connectivity index (χ2v) is 29.4. The van der Waals surface area contributed by atoms with Crippen molar-refractivity contribution in [3.8, 4) is 5.75 Å². The van der Waals surface area contributed by atoms with Crippen molar-refractivity contribution in [3.05, 3.63) is 95.1 Å². The third-order valence-electron chi connectivity index (χ3n) is 9.04. The van der Waals surface area contributed by atoms with Gasteiger partial charge >= 0.3 is 5.97 Å². The topological polar surface area (TPSA) is 102 Å². The van der Waals surface area contributed by atoms with Crippen LogP contribution in [-0.4, -0.2) is 78.5 Å². The highest BCUT2D eigenvalue weighted by molar-refractivity contribution is 7.89. The van der Waals surface area contributed by atoms with E-state index in [4.69, 9.17) is 14.2 Å². The van der Waals surface area contributed by atoms with Gasteiger partial charge in [0, 0.05) is 41.7 Å². The smallest absolute Gasteiger partial charge is 0.303 e. The van der Waals surface area contributed by atoms with Gasteiger partial charge in [-0.3, -0.25) is 4.79 Å². The van der Waals surface area contributed by atoms with Crippen molar-refractivity contribution >= 4 is 37.7 Å². The number of sulfonamides is 1. The maximum absolute atomic E-state index is 13.8. The van der Waals surface area contributed by atoms with Crippen molar-refractivity contribution < 1.29 is 32.5 Å². The van der Waals surface area contributed by atoms with Gasteiger partial charge in [0.1, 0.15) is 25.3 Å². The molecule has 1 aliphatic rings. The molecule has 11 heteroatoms. The molecule has 0 saturated carbocycles. The molecule has 0 aliphatic heterocycles. The van der Waals surface area contributed by atoms with Gasteiger partial charge in [0.05, 0.1) is 12.2 Å². The summed E-state index contributed by atoms with van der Waals surface area (Å²) in [6, 6.07) is 15.3. The molecule has 0 radical (unpaired) electrons. The van der Waals surface area contributed by atoms with E-state index in [9.17, 15) is 18.3 Å². The Hall–Kier alpha value is -2.81. The Kier molecular flexibility index (Phi) is 16.1. The van der Waals surface area contributed by atoms with Crippen LogP contribution in [-0.2, 0) is 24.3 Å². The van der Waals surface area contributed by atoms with Crippen LogP contribution in [0, 0.1) is 13.8 Å². The van der Waals surface area contributed by atoms with Crippen LogP contribution >= 0.6 is 0 Å². The first-order valence-corrected chi connectivity index (χ1v) is 27.1. The number of nitrogens with zero attached hydrogens (tertiary/aromatic N) is 1. The number of hydrogen-bond acceptors (Lipinski definition) is 6. The van der Waals surface area contributed by atoms with Crippen LogP contribution in [0.5, 0.6) is 5.75 Å². The fourth-order valence-corrected chi connectivity index (χ4v) is 8.86. The lowest BCUT2D eigenvalue weighted by atomic mass is 9.89. The molecule has 0 amide bonds. The standard InChI is InChI=1S/C40H61NO7SSi2/c1-31-17-20-36(15-10-11-16-38(31)40-32(2)13-12-14-33(40)3)48-37-21-18-34(19-22-37)35(27-39(42)43)28-49(44,45)41(29-46-23-25-50(4,5)6)30-47-24-26-51(7,8)9/h10-14,16,18-19,21-22,35-36H,1,15,17,20,23-30H2,2-9H3,(H,42,43)/b11-10-,38-16+/t35?,36-/m0/s1. The molecule has 0 bridgehead atoms. The third-order valence-corrected chi connectivity index (χ3v) is 14.3. The van der Waals surface area contributed by atoms with Crippen molar-refractivity contribution in [2.75, 3.05) is 32.4 Å². The van der Waals surface area contributed by atoms with E-state index in [-0.39, 0.29) is 31.7 Å². The fraction of sp³-hybridized carbons (Fsp3) is 0.525. The minimum atomic E-state index is -3.94. The van der Waals surface area contributed by atoms with Crippen molar-refractivity contribution in [3.63, 3.8) is 0 Å². The van der Waals surface area contributed by atoms with Gasteiger partial charge < -0.3 is 19.3 Å². The molecule has 1 unspecified atom stereocenters. The van der Waals surface area contributed by atoms with E-state index < -0.39 is 38.1 Å². The Bertz CT molecular complexity index is 1580. The second-order valence-electron chi connectivity index (χ2n) is 16.2. The van der Waals surface area contributed by atoms with Gasteiger partial charge in [-0.05, 0) is 84.3 Å². The number of aryl methyl sites for hydroxylation is 2. The summed E-state index contributed by atoms with van der Waals surface area (Å²) >= 11 is 0. The Morgan fingerprint density at radius 1 is 0.941 bits per heavy atom. The Balaban J connectivity index is 1.71. The lowest BCUT2D eigenvalue weighted by Crippen LogP contribution is -2.39. The lowest BCUT2D eigenvalue weighted by molar-refractivity contribution is -0.137. The van der Waals surface area contributed by atoms with Gasteiger partial charge in [0.2, 0.25) is 10.0 Å². The van der Waals surface area contributed by atoms with Crippen LogP contribution in [0.15, 0.2) is 72.8 Å². The Morgan fingerprint density at radius 2 is 1.51 bits per heavy atom. The third kappa shape index (κ3) is 15.0. The molecular weight excluding hydrogens is 695 g/mol. The van der Waals surface area contributed by atoms with Crippen LogP contribution in [0.4, 0.5) is 0 Å². The molecule has 51 heavy (non-hydrogen) atoms. The van der Waals surface area contributed by atoms with Crippen molar-refractivity contribution in [2.45, 2.75) is 103 Å². The maximum Gasteiger partial charge on any atom is 0.303 e.